The molecule has 2 N–H and O–H groups in total. The Hall–Kier alpha value is -1.25. The summed E-state index contributed by atoms with van der Waals surface area (Å²) < 4.78 is 32.2. The Kier molecular flexibility index (Phi) is 5.89. The topological polar surface area (TPSA) is 93.2 Å². The van der Waals surface area contributed by atoms with E-state index in [0.717, 1.165) is 25.8 Å². The predicted molar refractivity (Wildman–Crippen MR) is 79.5 cm³/mol. The van der Waals surface area contributed by atoms with Crippen molar-refractivity contribution in [2.75, 3.05) is 31.6 Å². The van der Waals surface area contributed by atoms with Gasteiger partial charge < -0.3 is 10.1 Å². The fourth-order valence-corrected chi connectivity index (χ4v) is 3.05. The van der Waals surface area contributed by atoms with Crippen molar-refractivity contribution in [3.8, 4) is 0 Å². The van der Waals surface area contributed by atoms with Gasteiger partial charge in [-0.1, -0.05) is 6.92 Å². The van der Waals surface area contributed by atoms with Gasteiger partial charge in [0, 0.05) is 26.3 Å². The molecule has 1 aliphatic heterocycles. The zero-order chi connectivity index (χ0) is 15.1. The Balaban J connectivity index is 1.91. The van der Waals surface area contributed by atoms with Crippen molar-refractivity contribution in [2.24, 2.45) is 5.92 Å². The van der Waals surface area contributed by atoms with E-state index in [-0.39, 0.29) is 4.90 Å². The standard InChI is InChI=1S/C13H22N4O3S/c1-2-5-14-13-15-9-12(10-16-13)21(18,19)17-8-11-3-6-20-7-4-11/h9-11,17H,2-8H2,1H3,(H,14,15,16). The molecule has 0 atom stereocenters. The molecule has 21 heavy (non-hydrogen) atoms. The Bertz CT molecular complexity index is 527. The summed E-state index contributed by atoms with van der Waals surface area (Å²) in [7, 11) is -3.54. The smallest absolute Gasteiger partial charge is 0.243 e. The van der Waals surface area contributed by atoms with Gasteiger partial charge in [-0.2, -0.15) is 0 Å². The maximum atomic E-state index is 12.2. The minimum atomic E-state index is -3.54. The molecule has 8 heteroatoms. The predicted octanol–water partition coefficient (Wildman–Crippen LogP) is 1.00. The van der Waals surface area contributed by atoms with Crippen molar-refractivity contribution in [3.05, 3.63) is 12.4 Å². The van der Waals surface area contributed by atoms with Crippen LogP contribution in [0.2, 0.25) is 0 Å². The van der Waals surface area contributed by atoms with Gasteiger partial charge in [0.15, 0.2) is 0 Å². The molecule has 0 aromatic carbocycles. The molecule has 2 heterocycles. The van der Waals surface area contributed by atoms with Crippen LogP contribution in [-0.4, -0.2) is 44.7 Å². The first-order valence-electron chi connectivity index (χ1n) is 7.25. The first kappa shape index (κ1) is 16.1. The zero-order valence-corrected chi connectivity index (χ0v) is 13.0. The van der Waals surface area contributed by atoms with Crippen molar-refractivity contribution >= 4 is 16.0 Å². The molecule has 0 saturated carbocycles. The third kappa shape index (κ3) is 4.90. The molecule has 7 nitrogen and oxygen atoms in total. The molecule has 1 aromatic heterocycles. The van der Waals surface area contributed by atoms with Crippen molar-refractivity contribution in [1.29, 1.82) is 0 Å². The van der Waals surface area contributed by atoms with Gasteiger partial charge in [0.25, 0.3) is 0 Å². The van der Waals surface area contributed by atoms with E-state index in [0.29, 0.717) is 31.6 Å². The molecule has 0 bridgehead atoms. The van der Waals surface area contributed by atoms with Crippen LogP contribution in [0.1, 0.15) is 26.2 Å². The van der Waals surface area contributed by atoms with Crippen molar-refractivity contribution in [3.63, 3.8) is 0 Å². The minimum Gasteiger partial charge on any atom is -0.381 e. The van der Waals surface area contributed by atoms with Crippen LogP contribution < -0.4 is 10.0 Å². The van der Waals surface area contributed by atoms with Crippen molar-refractivity contribution in [2.45, 2.75) is 31.1 Å². The average Bonchev–Trinajstić information content (AvgIpc) is 2.52. The molecular formula is C13H22N4O3S. The van der Waals surface area contributed by atoms with E-state index in [1.807, 2.05) is 6.92 Å². The quantitative estimate of drug-likeness (QED) is 0.780. The highest BCUT2D eigenvalue weighted by Crippen LogP contribution is 2.15. The molecule has 1 aliphatic rings. The largest absolute Gasteiger partial charge is 0.381 e. The maximum Gasteiger partial charge on any atom is 0.243 e. The van der Waals surface area contributed by atoms with Gasteiger partial charge in [-0.3, -0.25) is 0 Å². The van der Waals surface area contributed by atoms with E-state index >= 15 is 0 Å². The first-order valence-corrected chi connectivity index (χ1v) is 8.73. The fourth-order valence-electron chi connectivity index (χ4n) is 2.04. The molecule has 0 aliphatic carbocycles. The molecule has 0 unspecified atom stereocenters. The number of anilines is 1. The summed E-state index contributed by atoms with van der Waals surface area (Å²) >= 11 is 0. The SMILES string of the molecule is CCCNc1ncc(S(=O)(=O)NCC2CCOCC2)cn1. The Morgan fingerprint density at radius 2 is 1.95 bits per heavy atom. The second-order valence-corrected chi connectivity index (χ2v) is 6.84. The second kappa shape index (κ2) is 7.67. The van der Waals surface area contributed by atoms with Gasteiger partial charge in [0.2, 0.25) is 16.0 Å². The van der Waals surface area contributed by atoms with Crippen LogP contribution in [0.4, 0.5) is 5.95 Å². The summed E-state index contributed by atoms with van der Waals surface area (Å²) in [6, 6.07) is 0. The van der Waals surface area contributed by atoms with E-state index in [9.17, 15) is 8.42 Å². The maximum absolute atomic E-state index is 12.2. The van der Waals surface area contributed by atoms with Gasteiger partial charge in [-0.05, 0) is 25.2 Å². The van der Waals surface area contributed by atoms with Gasteiger partial charge >= 0.3 is 0 Å². The summed E-state index contributed by atoms with van der Waals surface area (Å²) in [6.07, 6.45) is 5.39. The number of hydrogen-bond acceptors (Lipinski definition) is 6. The monoisotopic (exact) mass is 314 g/mol. The van der Waals surface area contributed by atoms with E-state index in [4.69, 9.17) is 4.74 Å². The van der Waals surface area contributed by atoms with Gasteiger partial charge in [-0.15, -0.1) is 0 Å². The van der Waals surface area contributed by atoms with Gasteiger partial charge in [-0.25, -0.2) is 23.1 Å². The molecule has 0 amide bonds. The average molecular weight is 314 g/mol. The van der Waals surface area contributed by atoms with Crippen LogP contribution in [0.25, 0.3) is 0 Å². The van der Waals surface area contributed by atoms with E-state index < -0.39 is 10.0 Å². The van der Waals surface area contributed by atoms with Crippen molar-refractivity contribution < 1.29 is 13.2 Å². The fraction of sp³-hybridized carbons (Fsp3) is 0.692. The van der Waals surface area contributed by atoms with Crippen LogP contribution in [-0.2, 0) is 14.8 Å². The normalized spacial score (nSPS) is 16.8. The molecule has 0 spiro atoms. The molecule has 1 aromatic rings. The third-order valence-electron chi connectivity index (χ3n) is 3.37. The third-order valence-corrected chi connectivity index (χ3v) is 4.75. The van der Waals surface area contributed by atoms with Crippen LogP contribution >= 0.6 is 0 Å². The second-order valence-electron chi connectivity index (χ2n) is 5.08. The van der Waals surface area contributed by atoms with Crippen molar-refractivity contribution in [1.82, 2.24) is 14.7 Å². The Morgan fingerprint density at radius 1 is 1.29 bits per heavy atom. The lowest BCUT2D eigenvalue weighted by Crippen LogP contribution is -2.32. The van der Waals surface area contributed by atoms with E-state index in [2.05, 4.69) is 20.0 Å². The highest BCUT2D eigenvalue weighted by Gasteiger charge is 2.19. The van der Waals surface area contributed by atoms with Crippen LogP contribution in [0.15, 0.2) is 17.3 Å². The first-order chi connectivity index (χ1) is 10.1. The molecule has 2 rings (SSSR count). The Labute approximate surface area is 125 Å². The van der Waals surface area contributed by atoms with Crippen LogP contribution in [0.5, 0.6) is 0 Å². The lowest BCUT2D eigenvalue weighted by atomic mass is 10.0. The lowest BCUT2D eigenvalue weighted by Gasteiger charge is -2.22. The molecule has 0 radical (unpaired) electrons. The summed E-state index contributed by atoms with van der Waals surface area (Å²) in [4.78, 5) is 8.13. The minimum absolute atomic E-state index is 0.0941. The van der Waals surface area contributed by atoms with E-state index in [1.54, 1.807) is 0 Å². The zero-order valence-electron chi connectivity index (χ0n) is 12.2. The summed E-state index contributed by atoms with van der Waals surface area (Å²) in [5, 5.41) is 3.01. The lowest BCUT2D eigenvalue weighted by molar-refractivity contribution is 0.0678. The van der Waals surface area contributed by atoms with Gasteiger partial charge in [0.1, 0.15) is 4.90 Å². The molecule has 118 valence electrons. The molecular weight excluding hydrogens is 292 g/mol. The number of aromatic nitrogens is 2. The highest BCUT2D eigenvalue weighted by atomic mass is 32.2. The highest BCUT2D eigenvalue weighted by molar-refractivity contribution is 7.89. The molecule has 1 fully saturated rings. The number of nitrogens with one attached hydrogen (secondary N) is 2. The number of hydrogen-bond donors (Lipinski definition) is 2. The summed E-state index contributed by atoms with van der Waals surface area (Å²) in [5.74, 6) is 0.778. The Morgan fingerprint density at radius 3 is 2.57 bits per heavy atom. The van der Waals surface area contributed by atoms with Gasteiger partial charge in [0.05, 0.1) is 12.4 Å². The van der Waals surface area contributed by atoms with Crippen LogP contribution in [0, 0.1) is 5.92 Å². The summed E-state index contributed by atoms with van der Waals surface area (Å²) in [6.45, 7) is 4.63. The number of sulfonamides is 1. The number of rotatable bonds is 7. The molecule has 1 saturated heterocycles. The summed E-state index contributed by atoms with van der Waals surface area (Å²) in [5.41, 5.74) is 0. The number of ether oxygens (including phenoxy) is 1. The number of nitrogens with zero attached hydrogens (tertiary/aromatic N) is 2. The van der Waals surface area contributed by atoms with E-state index in [1.165, 1.54) is 12.4 Å². The van der Waals surface area contributed by atoms with Crippen LogP contribution in [0.3, 0.4) is 0 Å².